The zero-order chi connectivity index (χ0) is 27.4. The maximum Gasteiger partial charge on any atom is 0.281 e. The molecule has 0 fully saturated rings. The van der Waals surface area contributed by atoms with Crippen molar-refractivity contribution in [2.45, 2.75) is 19.9 Å². The molecule has 0 unspecified atom stereocenters. The van der Waals surface area contributed by atoms with Crippen LogP contribution in [0.25, 0.3) is 10.1 Å². The fourth-order valence-corrected chi connectivity index (χ4v) is 4.98. The molecule has 38 heavy (non-hydrogen) atoms. The summed E-state index contributed by atoms with van der Waals surface area (Å²) in [6, 6.07) is 15.9. The van der Waals surface area contributed by atoms with E-state index in [0.29, 0.717) is 27.1 Å². The van der Waals surface area contributed by atoms with Crippen molar-refractivity contribution in [3.8, 4) is 23.0 Å². The van der Waals surface area contributed by atoms with E-state index in [1.165, 1.54) is 37.4 Å². The van der Waals surface area contributed by atoms with E-state index in [1.807, 2.05) is 13.8 Å². The van der Waals surface area contributed by atoms with E-state index in [1.54, 1.807) is 30.3 Å². The second-order valence-electron chi connectivity index (χ2n) is 8.45. The molecule has 0 atom stereocenters. The lowest BCUT2D eigenvalue weighted by Gasteiger charge is -2.13. The molecule has 1 aromatic heterocycles. The number of methoxy groups -OCH3 is 1. The first-order chi connectivity index (χ1) is 18.2. The molecule has 0 spiro atoms. The highest BCUT2D eigenvalue weighted by Gasteiger charge is 2.20. The number of carbonyl (C=O) groups is 3. The quantitative estimate of drug-likeness (QED) is 0.231. The Morgan fingerprint density at radius 3 is 2.37 bits per heavy atom. The minimum absolute atomic E-state index is 0.0511. The molecule has 4 N–H and O–H groups in total. The standard InChI is InChI=1S/C27H24ClN3O6S/c1-14(2)29-25(33)15-7-9-19(21(11-15)36-3)26(34)30-31-27(35)24-23(28)20-10-8-18(13-22(20)38-24)37-17-6-4-5-16(32)12-17/h4-14,32H,1-3H3,(H,29,33)(H,30,34)(H,31,35). The second kappa shape index (κ2) is 11.4. The molecular formula is C27H24ClN3O6S. The molecule has 1 heterocycles. The SMILES string of the molecule is COc1cc(C(=O)NC(C)C)ccc1C(=O)NNC(=O)c1sc2cc(Oc3cccc(O)c3)ccc2c1Cl. The van der Waals surface area contributed by atoms with Gasteiger partial charge in [-0.05, 0) is 62.4 Å². The molecule has 196 valence electrons. The average Bonchev–Trinajstić information content (AvgIpc) is 3.21. The molecule has 4 rings (SSSR count). The Morgan fingerprint density at radius 1 is 0.921 bits per heavy atom. The Morgan fingerprint density at radius 2 is 1.66 bits per heavy atom. The van der Waals surface area contributed by atoms with Crippen LogP contribution >= 0.6 is 22.9 Å². The van der Waals surface area contributed by atoms with E-state index in [2.05, 4.69) is 16.2 Å². The summed E-state index contributed by atoms with van der Waals surface area (Å²) in [7, 11) is 1.38. The first-order valence-electron chi connectivity index (χ1n) is 11.4. The van der Waals surface area contributed by atoms with Gasteiger partial charge in [-0.25, -0.2) is 0 Å². The van der Waals surface area contributed by atoms with Crippen molar-refractivity contribution in [1.82, 2.24) is 16.2 Å². The predicted molar refractivity (Wildman–Crippen MR) is 146 cm³/mol. The van der Waals surface area contributed by atoms with Crippen LogP contribution in [0.3, 0.4) is 0 Å². The van der Waals surface area contributed by atoms with E-state index in [-0.39, 0.29) is 38.9 Å². The number of phenols is 1. The molecule has 0 aliphatic heterocycles. The minimum Gasteiger partial charge on any atom is -0.508 e. The number of carbonyl (C=O) groups excluding carboxylic acids is 3. The number of rotatable bonds is 7. The summed E-state index contributed by atoms with van der Waals surface area (Å²) in [6.07, 6.45) is 0. The van der Waals surface area contributed by atoms with Gasteiger partial charge in [0.2, 0.25) is 0 Å². The Labute approximate surface area is 227 Å². The van der Waals surface area contributed by atoms with Gasteiger partial charge in [0.15, 0.2) is 0 Å². The fraction of sp³-hybridized carbons (Fsp3) is 0.148. The van der Waals surface area contributed by atoms with Crippen LogP contribution in [-0.2, 0) is 0 Å². The largest absolute Gasteiger partial charge is 0.508 e. The number of aromatic hydroxyl groups is 1. The summed E-state index contributed by atoms with van der Waals surface area (Å²) < 4.78 is 11.7. The average molecular weight is 554 g/mol. The summed E-state index contributed by atoms with van der Waals surface area (Å²) in [5.41, 5.74) is 5.19. The summed E-state index contributed by atoms with van der Waals surface area (Å²) in [6.45, 7) is 3.68. The number of benzene rings is 3. The Balaban J connectivity index is 1.46. The number of halogens is 1. The minimum atomic E-state index is -0.634. The van der Waals surface area contributed by atoms with E-state index >= 15 is 0 Å². The first kappa shape index (κ1) is 26.8. The van der Waals surface area contributed by atoms with Crippen molar-refractivity contribution >= 4 is 50.7 Å². The molecule has 0 saturated heterocycles. The molecule has 9 nitrogen and oxygen atoms in total. The van der Waals surface area contributed by atoms with Crippen LogP contribution in [0.2, 0.25) is 5.02 Å². The van der Waals surface area contributed by atoms with E-state index in [4.69, 9.17) is 21.1 Å². The number of hydrazine groups is 1. The van der Waals surface area contributed by atoms with Gasteiger partial charge in [-0.2, -0.15) is 0 Å². The highest BCUT2D eigenvalue weighted by atomic mass is 35.5. The highest BCUT2D eigenvalue weighted by molar-refractivity contribution is 7.21. The molecule has 0 bridgehead atoms. The monoisotopic (exact) mass is 553 g/mol. The van der Waals surface area contributed by atoms with Gasteiger partial charge >= 0.3 is 0 Å². The first-order valence-corrected chi connectivity index (χ1v) is 12.6. The van der Waals surface area contributed by atoms with Gasteiger partial charge in [-0.15, -0.1) is 11.3 Å². The molecule has 11 heteroatoms. The predicted octanol–water partition coefficient (Wildman–Crippen LogP) is 5.27. The zero-order valence-corrected chi connectivity index (χ0v) is 22.2. The van der Waals surface area contributed by atoms with Crippen molar-refractivity contribution in [2.24, 2.45) is 0 Å². The van der Waals surface area contributed by atoms with Crippen LogP contribution in [0.1, 0.15) is 44.2 Å². The van der Waals surface area contributed by atoms with Crippen molar-refractivity contribution in [3.63, 3.8) is 0 Å². The summed E-state index contributed by atoms with van der Waals surface area (Å²) in [5.74, 6) is -0.331. The molecule has 0 radical (unpaired) electrons. The number of fused-ring (bicyclic) bond motifs is 1. The summed E-state index contributed by atoms with van der Waals surface area (Å²) in [4.78, 5) is 38.0. The second-order valence-corrected chi connectivity index (χ2v) is 9.88. The van der Waals surface area contributed by atoms with Crippen LogP contribution in [0.5, 0.6) is 23.0 Å². The van der Waals surface area contributed by atoms with Crippen molar-refractivity contribution in [2.75, 3.05) is 7.11 Å². The summed E-state index contributed by atoms with van der Waals surface area (Å²) >= 11 is 7.58. The topological polar surface area (TPSA) is 126 Å². The molecule has 0 aliphatic carbocycles. The molecule has 0 saturated carbocycles. The van der Waals surface area contributed by atoms with Gasteiger partial charge in [0.05, 0.1) is 17.7 Å². The smallest absolute Gasteiger partial charge is 0.281 e. The van der Waals surface area contributed by atoms with Crippen molar-refractivity contribution in [1.29, 1.82) is 0 Å². The van der Waals surface area contributed by atoms with E-state index < -0.39 is 11.8 Å². The highest BCUT2D eigenvalue weighted by Crippen LogP contribution is 2.38. The lowest BCUT2D eigenvalue weighted by atomic mass is 10.1. The maximum atomic E-state index is 12.8. The number of hydrogen-bond donors (Lipinski definition) is 4. The number of phenolic OH excluding ortho intramolecular Hbond substituents is 1. The third-order valence-electron chi connectivity index (χ3n) is 5.28. The van der Waals surface area contributed by atoms with Crippen LogP contribution < -0.4 is 25.6 Å². The number of thiophene rings is 1. The number of amides is 3. The third-order valence-corrected chi connectivity index (χ3v) is 6.93. The number of nitrogens with one attached hydrogen (secondary N) is 3. The Hall–Kier alpha value is -4.28. The molecular weight excluding hydrogens is 530 g/mol. The summed E-state index contributed by atoms with van der Waals surface area (Å²) in [5, 5.41) is 13.3. The van der Waals surface area contributed by atoms with E-state index in [9.17, 15) is 19.5 Å². The molecule has 3 aromatic carbocycles. The van der Waals surface area contributed by atoms with Crippen molar-refractivity contribution < 1.29 is 29.0 Å². The van der Waals surface area contributed by atoms with Gasteiger partial charge in [-0.3, -0.25) is 25.2 Å². The number of ether oxygens (including phenoxy) is 2. The van der Waals surface area contributed by atoms with Crippen molar-refractivity contribution in [3.05, 3.63) is 81.7 Å². The van der Waals surface area contributed by atoms with Gasteiger partial charge in [0, 0.05) is 27.8 Å². The maximum absolute atomic E-state index is 12.8. The van der Waals surface area contributed by atoms with Crippen LogP contribution in [0, 0.1) is 0 Å². The molecule has 0 aliphatic rings. The molecule has 3 amide bonds. The van der Waals surface area contributed by atoms with Gasteiger partial charge in [0.1, 0.15) is 27.9 Å². The number of hydrogen-bond acceptors (Lipinski definition) is 7. The van der Waals surface area contributed by atoms with Gasteiger partial charge < -0.3 is 19.9 Å². The molecule has 4 aromatic rings. The van der Waals surface area contributed by atoms with Gasteiger partial charge in [-0.1, -0.05) is 17.7 Å². The Kier molecular flexibility index (Phi) is 8.04. The van der Waals surface area contributed by atoms with Crippen LogP contribution in [0.15, 0.2) is 60.7 Å². The lowest BCUT2D eigenvalue weighted by Crippen LogP contribution is -2.41. The lowest BCUT2D eigenvalue weighted by molar-refractivity contribution is 0.0847. The van der Waals surface area contributed by atoms with Gasteiger partial charge in [0.25, 0.3) is 17.7 Å². The van der Waals surface area contributed by atoms with E-state index in [0.717, 1.165) is 11.3 Å². The van der Waals surface area contributed by atoms with Crippen LogP contribution in [0.4, 0.5) is 0 Å². The third kappa shape index (κ3) is 5.99. The fourth-order valence-electron chi connectivity index (χ4n) is 3.54. The Bertz CT molecular complexity index is 1530. The normalized spacial score (nSPS) is 10.8. The van der Waals surface area contributed by atoms with Crippen LogP contribution in [-0.4, -0.2) is 36.0 Å². The zero-order valence-electron chi connectivity index (χ0n) is 20.6.